The molecular formula is C28H21BrClN3O5S. The van der Waals surface area contributed by atoms with Crippen LogP contribution in [0, 0.1) is 6.92 Å². The first-order valence-corrected chi connectivity index (χ1v) is 14.1. The van der Waals surface area contributed by atoms with Crippen LogP contribution in [-0.4, -0.2) is 26.5 Å². The molecule has 4 aromatic rings. The average molecular weight is 627 g/mol. The van der Waals surface area contributed by atoms with E-state index in [1.54, 1.807) is 54.6 Å². The van der Waals surface area contributed by atoms with Gasteiger partial charge < -0.3 is 4.74 Å². The van der Waals surface area contributed by atoms with E-state index in [0.717, 1.165) is 5.56 Å². The molecule has 0 aromatic heterocycles. The highest BCUT2D eigenvalue weighted by Gasteiger charge is 2.15. The summed E-state index contributed by atoms with van der Waals surface area (Å²) in [6.45, 7) is 1.87. The largest absolute Gasteiger partial charge is 0.422 e. The number of carbonyl (C=O) groups excluding carboxylic acids is 2. The van der Waals surface area contributed by atoms with Crippen LogP contribution in [0.1, 0.15) is 31.8 Å². The molecular weight excluding hydrogens is 606 g/mol. The number of esters is 1. The van der Waals surface area contributed by atoms with E-state index >= 15 is 0 Å². The molecule has 0 aliphatic carbocycles. The first kappa shape index (κ1) is 28.0. The van der Waals surface area contributed by atoms with Gasteiger partial charge in [-0.25, -0.2) is 18.6 Å². The fourth-order valence-corrected chi connectivity index (χ4v) is 4.87. The Labute approximate surface area is 238 Å². The van der Waals surface area contributed by atoms with E-state index in [1.807, 2.05) is 6.92 Å². The molecule has 4 rings (SSSR count). The molecule has 2 N–H and O–H groups in total. The fraction of sp³-hybridized carbons (Fsp3) is 0.0357. The van der Waals surface area contributed by atoms with Crippen LogP contribution in [0.15, 0.2) is 105 Å². The van der Waals surface area contributed by atoms with Gasteiger partial charge in [0.25, 0.3) is 15.9 Å². The summed E-state index contributed by atoms with van der Waals surface area (Å²) in [5.41, 5.74) is 4.67. The van der Waals surface area contributed by atoms with Crippen LogP contribution in [0.3, 0.4) is 0 Å². The van der Waals surface area contributed by atoms with E-state index < -0.39 is 21.9 Å². The lowest BCUT2D eigenvalue weighted by molar-refractivity contribution is 0.0734. The van der Waals surface area contributed by atoms with Crippen LogP contribution in [0.25, 0.3) is 0 Å². The topological polar surface area (TPSA) is 114 Å². The van der Waals surface area contributed by atoms with Crippen LogP contribution in [0.4, 0.5) is 5.69 Å². The van der Waals surface area contributed by atoms with Crippen molar-refractivity contribution in [1.29, 1.82) is 0 Å². The standard InChI is InChI=1S/C28H21BrClN3O5S/c1-18-2-13-25(14-3-18)39(36,37)33-24-11-6-19(7-12-24)27(34)32-31-17-21-16-22(29)8-15-26(21)38-28(35)20-4-9-23(30)10-5-20/h2-17,33H,1H3,(H,32,34)/b31-17-. The minimum Gasteiger partial charge on any atom is -0.422 e. The van der Waals surface area contributed by atoms with Gasteiger partial charge in [-0.05, 0) is 85.8 Å². The zero-order chi connectivity index (χ0) is 28.0. The summed E-state index contributed by atoms with van der Waals surface area (Å²) in [5.74, 6) is -0.860. The minimum absolute atomic E-state index is 0.134. The number of aryl methyl sites for hydroxylation is 1. The normalized spacial score (nSPS) is 11.3. The van der Waals surface area contributed by atoms with Crippen molar-refractivity contribution in [1.82, 2.24) is 5.43 Å². The van der Waals surface area contributed by atoms with Crippen LogP contribution in [0.5, 0.6) is 5.75 Å². The van der Waals surface area contributed by atoms with Crippen molar-refractivity contribution in [2.24, 2.45) is 5.10 Å². The SMILES string of the molecule is Cc1ccc(S(=O)(=O)Nc2ccc(C(=O)N/N=C\c3cc(Br)ccc3OC(=O)c3ccc(Cl)cc3)cc2)cc1. The van der Waals surface area contributed by atoms with Gasteiger partial charge in [0, 0.05) is 26.3 Å². The summed E-state index contributed by atoms with van der Waals surface area (Å²) in [7, 11) is -3.76. The molecule has 39 heavy (non-hydrogen) atoms. The molecule has 198 valence electrons. The number of hydrogen-bond donors (Lipinski definition) is 2. The highest BCUT2D eigenvalue weighted by Crippen LogP contribution is 2.23. The number of hydrogen-bond acceptors (Lipinski definition) is 6. The number of carbonyl (C=O) groups is 2. The predicted octanol–water partition coefficient (Wildman–Crippen LogP) is 6.19. The van der Waals surface area contributed by atoms with E-state index in [0.29, 0.717) is 26.3 Å². The molecule has 0 saturated carbocycles. The van der Waals surface area contributed by atoms with E-state index in [9.17, 15) is 18.0 Å². The third-order valence-corrected chi connectivity index (χ3v) is 7.50. The van der Waals surface area contributed by atoms with Gasteiger partial charge in [-0.1, -0.05) is 45.2 Å². The summed E-state index contributed by atoms with van der Waals surface area (Å²) in [4.78, 5) is 25.2. The highest BCUT2D eigenvalue weighted by molar-refractivity contribution is 9.10. The molecule has 11 heteroatoms. The smallest absolute Gasteiger partial charge is 0.343 e. The first-order chi connectivity index (χ1) is 18.6. The Morgan fingerprint density at radius 2 is 1.54 bits per heavy atom. The number of nitrogens with one attached hydrogen (secondary N) is 2. The number of anilines is 1. The molecule has 8 nitrogen and oxygen atoms in total. The van der Waals surface area contributed by atoms with Crippen LogP contribution < -0.4 is 14.9 Å². The number of ether oxygens (including phenoxy) is 1. The van der Waals surface area contributed by atoms with Crippen LogP contribution in [-0.2, 0) is 10.0 Å². The summed E-state index contributed by atoms with van der Waals surface area (Å²) in [5, 5.41) is 4.47. The summed E-state index contributed by atoms with van der Waals surface area (Å²) in [6, 6.07) is 23.6. The molecule has 0 heterocycles. The number of rotatable bonds is 8. The lowest BCUT2D eigenvalue weighted by atomic mass is 10.2. The predicted molar refractivity (Wildman–Crippen MR) is 154 cm³/mol. The lowest BCUT2D eigenvalue weighted by Crippen LogP contribution is -2.18. The summed E-state index contributed by atoms with van der Waals surface area (Å²) >= 11 is 9.24. The molecule has 0 atom stereocenters. The second kappa shape index (κ2) is 12.2. The fourth-order valence-electron chi connectivity index (χ4n) is 3.30. The van der Waals surface area contributed by atoms with Gasteiger partial charge >= 0.3 is 5.97 Å². The van der Waals surface area contributed by atoms with Gasteiger partial charge in [0.2, 0.25) is 0 Å². The Balaban J connectivity index is 1.40. The molecule has 0 saturated heterocycles. The van der Waals surface area contributed by atoms with Crippen molar-refractivity contribution in [3.8, 4) is 5.75 Å². The van der Waals surface area contributed by atoms with Crippen molar-refractivity contribution in [3.05, 3.63) is 123 Å². The number of nitrogens with zero attached hydrogens (tertiary/aromatic N) is 1. The van der Waals surface area contributed by atoms with Crippen molar-refractivity contribution >= 4 is 61.3 Å². The number of sulfonamides is 1. The van der Waals surface area contributed by atoms with Gasteiger partial charge in [-0.2, -0.15) is 5.10 Å². The third kappa shape index (κ3) is 7.53. The molecule has 0 spiro atoms. The molecule has 0 bridgehead atoms. The van der Waals surface area contributed by atoms with Crippen molar-refractivity contribution in [2.45, 2.75) is 11.8 Å². The zero-order valence-electron chi connectivity index (χ0n) is 20.4. The summed E-state index contributed by atoms with van der Waals surface area (Å²) < 4.78 is 33.8. The van der Waals surface area contributed by atoms with Crippen molar-refractivity contribution < 1.29 is 22.7 Å². The Kier molecular flexibility index (Phi) is 8.80. The van der Waals surface area contributed by atoms with Gasteiger partial charge in [0.15, 0.2) is 0 Å². The Bertz CT molecular complexity index is 1640. The van der Waals surface area contributed by atoms with E-state index in [4.69, 9.17) is 16.3 Å². The number of benzene rings is 4. The van der Waals surface area contributed by atoms with Crippen LogP contribution >= 0.6 is 27.5 Å². The quantitative estimate of drug-likeness (QED) is 0.105. The lowest BCUT2D eigenvalue weighted by Gasteiger charge is -2.09. The maximum absolute atomic E-state index is 12.6. The van der Waals surface area contributed by atoms with Gasteiger partial charge in [-0.3, -0.25) is 9.52 Å². The molecule has 0 aliphatic rings. The summed E-state index contributed by atoms with van der Waals surface area (Å²) in [6.07, 6.45) is 1.34. The van der Waals surface area contributed by atoms with Gasteiger partial charge in [0.1, 0.15) is 5.75 Å². The van der Waals surface area contributed by atoms with E-state index in [-0.39, 0.29) is 16.2 Å². The highest BCUT2D eigenvalue weighted by atomic mass is 79.9. The number of amides is 1. The third-order valence-electron chi connectivity index (χ3n) is 5.35. The van der Waals surface area contributed by atoms with E-state index in [1.165, 1.54) is 42.6 Å². The number of hydrazone groups is 1. The van der Waals surface area contributed by atoms with Crippen molar-refractivity contribution in [3.63, 3.8) is 0 Å². The molecule has 0 radical (unpaired) electrons. The maximum atomic E-state index is 12.6. The second-order valence-corrected chi connectivity index (χ2v) is 11.3. The van der Waals surface area contributed by atoms with E-state index in [2.05, 4.69) is 31.2 Å². The number of halogens is 2. The monoisotopic (exact) mass is 625 g/mol. The van der Waals surface area contributed by atoms with Crippen LogP contribution in [0.2, 0.25) is 5.02 Å². The molecule has 0 aliphatic heterocycles. The molecule has 1 amide bonds. The second-order valence-electron chi connectivity index (χ2n) is 8.27. The first-order valence-electron chi connectivity index (χ1n) is 11.4. The van der Waals surface area contributed by atoms with Gasteiger partial charge in [0.05, 0.1) is 16.7 Å². The zero-order valence-corrected chi connectivity index (χ0v) is 23.5. The average Bonchev–Trinajstić information content (AvgIpc) is 2.91. The minimum atomic E-state index is -3.76. The Morgan fingerprint density at radius 1 is 0.897 bits per heavy atom. The van der Waals surface area contributed by atoms with Crippen molar-refractivity contribution in [2.75, 3.05) is 4.72 Å². The molecule has 0 fully saturated rings. The van der Waals surface area contributed by atoms with Gasteiger partial charge in [-0.15, -0.1) is 0 Å². The molecule has 4 aromatic carbocycles. The Hall–Kier alpha value is -3.99. The molecule has 0 unspecified atom stereocenters. The Morgan fingerprint density at radius 3 is 2.21 bits per heavy atom. The maximum Gasteiger partial charge on any atom is 0.343 e.